The molecule has 0 saturated heterocycles. The van der Waals surface area contributed by atoms with Crippen molar-refractivity contribution in [3.8, 4) is 0 Å². The van der Waals surface area contributed by atoms with Crippen LogP contribution in [0.15, 0.2) is 22.7 Å². The van der Waals surface area contributed by atoms with Crippen LogP contribution in [0.5, 0.6) is 0 Å². The molecule has 8 nitrogen and oxygen atoms in total. The molecule has 25 heavy (non-hydrogen) atoms. The third-order valence-electron chi connectivity index (χ3n) is 4.57. The molecular formula is C17H20N4O4. The standard InChI is InChI=1S/C17H20N4O4/c1-10-6-5-9-13(21(23)24)14(10)16(22)18-11(2)17-19-15(20-25-17)12-7-3-4-8-12/h5-6,9,11-12H,3-4,7-8H2,1-2H3,(H,18,22)/t11-/m0/s1. The van der Waals surface area contributed by atoms with Gasteiger partial charge in [0.05, 0.1) is 4.92 Å². The summed E-state index contributed by atoms with van der Waals surface area (Å²) < 4.78 is 5.27. The summed E-state index contributed by atoms with van der Waals surface area (Å²) in [7, 11) is 0. The van der Waals surface area contributed by atoms with Crippen LogP contribution in [0.2, 0.25) is 0 Å². The Kier molecular flexibility index (Phi) is 4.78. The van der Waals surface area contributed by atoms with Crippen LogP contribution in [-0.2, 0) is 0 Å². The van der Waals surface area contributed by atoms with Gasteiger partial charge < -0.3 is 9.84 Å². The zero-order chi connectivity index (χ0) is 18.0. The van der Waals surface area contributed by atoms with Crippen LogP contribution in [0, 0.1) is 17.0 Å². The highest BCUT2D eigenvalue weighted by Gasteiger charge is 2.27. The number of hydrogen-bond donors (Lipinski definition) is 1. The van der Waals surface area contributed by atoms with E-state index in [-0.39, 0.29) is 11.3 Å². The summed E-state index contributed by atoms with van der Waals surface area (Å²) in [5.41, 5.74) is 0.368. The first kappa shape index (κ1) is 17.1. The summed E-state index contributed by atoms with van der Waals surface area (Å²) in [6, 6.07) is 4.00. The van der Waals surface area contributed by atoms with Crippen LogP contribution in [0.4, 0.5) is 5.69 Å². The van der Waals surface area contributed by atoms with E-state index in [2.05, 4.69) is 15.5 Å². The lowest BCUT2D eigenvalue weighted by Gasteiger charge is -2.11. The van der Waals surface area contributed by atoms with Gasteiger partial charge in [0.2, 0.25) is 5.89 Å². The minimum absolute atomic E-state index is 0.0508. The van der Waals surface area contributed by atoms with Crippen molar-refractivity contribution in [2.45, 2.75) is 51.5 Å². The third kappa shape index (κ3) is 3.52. The summed E-state index contributed by atoms with van der Waals surface area (Å²) in [6.45, 7) is 3.38. The van der Waals surface area contributed by atoms with Crippen LogP contribution < -0.4 is 5.32 Å². The number of rotatable bonds is 5. The van der Waals surface area contributed by atoms with Crippen molar-refractivity contribution in [3.05, 3.63) is 51.2 Å². The maximum absolute atomic E-state index is 12.5. The second kappa shape index (κ2) is 7.00. The van der Waals surface area contributed by atoms with Crippen molar-refractivity contribution in [1.29, 1.82) is 0 Å². The number of carbonyl (C=O) groups excluding carboxylic acids is 1. The predicted molar refractivity (Wildman–Crippen MR) is 89.2 cm³/mol. The molecule has 3 rings (SSSR count). The number of amides is 1. The highest BCUT2D eigenvalue weighted by Crippen LogP contribution is 2.32. The molecule has 1 aromatic heterocycles. The Morgan fingerprint density at radius 1 is 1.40 bits per heavy atom. The fourth-order valence-electron chi connectivity index (χ4n) is 3.20. The van der Waals surface area contributed by atoms with Gasteiger partial charge in [-0.1, -0.05) is 30.1 Å². The van der Waals surface area contributed by atoms with Crippen LogP contribution >= 0.6 is 0 Å². The lowest BCUT2D eigenvalue weighted by molar-refractivity contribution is -0.385. The average Bonchev–Trinajstić information content (AvgIpc) is 3.25. The zero-order valence-electron chi connectivity index (χ0n) is 14.2. The summed E-state index contributed by atoms with van der Waals surface area (Å²) in [5, 5.41) is 17.9. The van der Waals surface area contributed by atoms with Gasteiger partial charge in [0, 0.05) is 12.0 Å². The monoisotopic (exact) mass is 344 g/mol. The van der Waals surface area contributed by atoms with Gasteiger partial charge in [-0.25, -0.2) is 0 Å². The van der Waals surface area contributed by atoms with Crippen LogP contribution in [-0.4, -0.2) is 21.0 Å². The molecule has 132 valence electrons. The molecule has 1 atom stereocenters. The summed E-state index contributed by atoms with van der Waals surface area (Å²) in [4.78, 5) is 27.5. The molecule has 8 heteroatoms. The van der Waals surface area contributed by atoms with Crippen molar-refractivity contribution in [2.75, 3.05) is 0 Å². The fourth-order valence-corrected chi connectivity index (χ4v) is 3.20. The Morgan fingerprint density at radius 3 is 2.80 bits per heavy atom. The molecule has 1 aromatic carbocycles. The molecule has 0 radical (unpaired) electrons. The molecule has 2 aromatic rings. The van der Waals surface area contributed by atoms with Crippen LogP contribution in [0.25, 0.3) is 0 Å². The minimum Gasteiger partial charge on any atom is -0.340 e. The first-order valence-electron chi connectivity index (χ1n) is 8.35. The number of nitro groups is 1. The average molecular weight is 344 g/mol. The number of nitro benzene ring substituents is 1. The van der Waals surface area contributed by atoms with E-state index in [9.17, 15) is 14.9 Å². The molecule has 1 N–H and O–H groups in total. The van der Waals surface area contributed by atoms with Crippen molar-refractivity contribution < 1.29 is 14.2 Å². The molecule has 1 amide bonds. The van der Waals surface area contributed by atoms with E-state index in [0.717, 1.165) is 25.7 Å². The first-order valence-corrected chi connectivity index (χ1v) is 8.35. The lowest BCUT2D eigenvalue weighted by Crippen LogP contribution is -2.28. The van der Waals surface area contributed by atoms with Gasteiger partial charge in [-0.2, -0.15) is 4.98 Å². The van der Waals surface area contributed by atoms with Crippen molar-refractivity contribution >= 4 is 11.6 Å². The second-order valence-electron chi connectivity index (χ2n) is 6.39. The molecule has 1 fully saturated rings. The van der Waals surface area contributed by atoms with E-state index in [1.165, 1.54) is 6.07 Å². The number of carbonyl (C=O) groups is 1. The highest BCUT2D eigenvalue weighted by molar-refractivity contribution is 5.99. The summed E-state index contributed by atoms with van der Waals surface area (Å²) >= 11 is 0. The summed E-state index contributed by atoms with van der Waals surface area (Å²) in [6.07, 6.45) is 4.43. The Labute approximate surface area is 144 Å². The molecule has 0 bridgehead atoms. The van der Waals surface area contributed by atoms with Crippen molar-refractivity contribution in [1.82, 2.24) is 15.5 Å². The smallest absolute Gasteiger partial charge is 0.282 e. The summed E-state index contributed by atoms with van der Waals surface area (Å²) in [5.74, 6) is 0.776. The van der Waals surface area contributed by atoms with Gasteiger partial charge in [0.25, 0.3) is 11.6 Å². The minimum atomic E-state index is -0.558. The number of benzene rings is 1. The third-order valence-corrected chi connectivity index (χ3v) is 4.57. The van der Waals surface area contributed by atoms with Gasteiger partial charge >= 0.3 is 0 Å². The number of nitrogens with zero attached hydrogens (tertiary/aromatic N) is 3. The fraction of sp³-hybridized carbons (Fsp3) is 0.471. The van der Waals surface area contributed by atoms with Gasteiger partial charge in [-0.3, -0.25) is 14.9 Å². The topological polar surface area (TPSA) is 111 Å². The SMILES string of the molecule is Cc1cccc([N+](=O)[O-])c1C(=O)N[C@@H](C)c1nc(C2CCCC2)no1. The largest absolute Gasteiger partial charge is 0.340 e. The van der Waals surface area contributed by atoms with Crippen LogP contribution in [0.3, 0.4) is 0 Å². The second-order valence-corrected chi connectivity index (χ2v) is 6.39. The quantitative estimate of drug-likeness (QED) is 0.657. The Morgan fingerprint density at radius 2 is 2.12 bits per heavy atom. The highest BCUT2D eigenvalue weighted by atomic mass is 16.6. The number of nitrogens with one attached hydrogen (secondary N) is 1. The van der Waals surface area contributed by atoms with Crippen molar-refractivity contribution in [3.63, 3.8) is 0 Å². The van der Waals surface area contributed by atoms with Gasteiger partial charge in [-0.05, 0) is 32.3 Å². The zero-order valence-corrected chi connectivity index (χ0v) is 14.2. The number of aryl methyl sites for hydroxylation is 1. The van der Waals surface area contributed by atoms with E-state index >= 15 is 0 Å². The van der Waals surface area contributed by atoms with E-state index in [1.807, 2.05) is 0 Å². The first-order chi connectivity index (χ1) is 12.0. The molecule has 1 aliphatic rings. The van der Waals surface area contributed by atoms with Gasteiger partial charge in [0.1, 0.15) is 11.6 Å². The molecule has 0 unspecified atom stereocenters. The molecule has 1 aliphatic carbocycles. The molecular weight excluding hydrogens is 324 g/mol. The molecule has 1 heterocycles. The Bertz CT molecular complexity index is 796. The maximum atomic E-state index is 12.5. The van der Waals surface area contributed by atoms with E-state index < -0.39 is 16.9 Å². The van der Waals surface area contributed by atoms with Crippen molar-refractivity contribution in [2.24, 2.45) is 0 Å². The maximum Gasteiger partial charge on any atom is 0.282 e. The Balaban J connectivity index is 1.76. The van der Waals surface area contributed by atoms with Gasteiger partial charge in [0.15, 0.2) is 5.82 Å². The van der Waals surface area contributed by atoms with E-state index in [0.29, 0.717) is 23.2 Å². The number of hydrogen-bond acceptors (Lipinski definition) is 6. The van der Waals surface area contributed by atoms with Crippen LogP contribution in [0.1, 0.15) is 72.2 Å². The van der Waals surface area contributed by atoms with E-state index in [4.69, 9.17) is 4.52 Å². The lowest BCUT2D eigenvalue weighted by atomic mass is 10.1. The molecule has 0 spiro atoms. The van der Waals surface area contributed by atoms with E-state index in [1.54, 1.807) is 26.0 Å². The normalized spacial score (nSPS) is 15.9. The molecule has 1 saturated carbocycles. The van der Waals surface area contributed by atoms with Gasteiger partial charge in [-0.15, -0.1) is 0 Å². The molecule has 0 aliphatic heterocycles. The predicted octanol–water partition coefficient (Wildman–Crippen LogP) is 3.43. The number of aromatic nitrogens is 2. The Hall–Kier alpha value is -2.77.